The highest BCUT2D eigenvalue weighted by Crippen LogP contribution is 2.29. The van der Waals surface area contributed by atoms with Gasteiger partial charge in [-0.2, -0.15) is 13.7 Å². The Kier molecular flexibility index (Phi) is 3.77. The van der Waals surface area contributed by atoms with Gasteiger partial charge in [0, 0.05) is 0 Å². The fraction of sp³-hybridized carbons (Fsp3) is 0.0556. The Morgan fingerprint density at radius 3 is 2.26 bits per heavy atom. The molecule has 114 valence electrons. The van der Waals surface area contributed by atoms with Crippen LogP contribution in [0.1, 0.15) is 11.1 Å². The Hall–Kier alpha value is -2.84. The largest absolute Gasteiger partial charge is 0.379 e. The number of aryl methyl sites for hydroxylation is 1. The van der Waals surface area contributed by atoms with E-state index in [1.807, 2.05) is 13.0 Å². The summed E-state index contributed by atoms with van der Waals surface area (Å²) >= 11 is 0. The van der Waals surface area contributed by atoms with Gasteiger partial charge in [0.25, 0.3) is 0 Å². The molecule has 0 aromatic heterocycles. The first-order valence-electron chi connectivity index (χ1n) is 6.94. The second kappa shape index (κ2) is 5.75. The minimum atomic E-state index is -3.88. The van der Waals surface area contributed by atoms with Crippen LogP contribution in [0.4, 0.5) is 0 Å². The zero-order valence-electron chi connectivity index (χ0n) is 12.4. The SMILES string of the molecule is Cc1ccc(S(=O)(=O)Oc2ccc3ccc(C#N)c-3cc2)cc1. The number of hydrogen-bond donors (Lipinski definition) is 0. The number of benzene rings is 1. The van der Waals surface area contributed by atoms with Crippen LogP contribution < -0.4 is 4.18 Å². The van der Waals surface area contributed by atoms with Crippen molar-refractivity contribution < 1.29 is 12.6 Å². The van der Waals surface area contributed by atoms with Crippen molar-refractivity contribution in [3.8, 4) is 22.9 Å². The molecule has 5 heteroatoms. The van der Waals surface area contributed by atoms with Crippen LogP contribution in [0.2, 0.25) is 0 Å². The molecule has 0 atom stereocenters. The monoisotopic (exact) mass is 323 g/mol. The van der Waals surface area contributed by atoms with Crippen molar-refractivity contribution >= 4 is 10.1 Å². The predicted octanol–water partition coefficient (Wildman–Crippen LogP) is 3.74. The van der Waals surface area contributed by atoms with Crippen molar-refractivity contribution in [2.45, 2.75) is 11.8 Å². The van der Waals surface area contributed by atoms with Gasteiger partial charge in [-0.1, -0.05) is 29.8 Å². The summed E-state index contributed by atoms with van der Waals surface area (Å²) in [4.78, 5) is 0.103. The first-order valence-corrected chi connectivity index (χ1v) is 8.34. The Morgan fingerprint density at radius 1 is 0.913 bits per heavy atom. The number of hydrogen-bond acceptors (Lipinski definition) is 4. The molecular weight excluding hydrogens is 310 g/mol. The minimum absolute atomic E-state index is 0.103. The van der Waals surface area contributed by atoms with Crippen molar-refractivity contribution in [1.82, 2.24) is 0 Å². The quantitative estimate of drug-likeness (QED) is 0.689. The third-order valence-corrected chi connectivity index (χ3v) is 4.77. The molecule has 0 bridgehead atoms. The van der Waals surface area contributed by atoms with Crippen molar-refractivity contribution in [2.24, 2.45) is 0 Å². The Bertz CT molecular complexity index is 970. The van der Waals surface area contributed by atoms with Gasteiger partial charge in [-0.15, -0.1) is 0 Å². The number of fused-ring (bicyclic) bond motifs is 1. The van der Waals surface area contributed by atoms with E-state index in [1.165, 1.54) is 12.1 Å². The second-order valence-electron chi connectivity index (χ2n) is 5.15. The smallest absolute Gasteiger partial charge is 0.339 e. The van der Waals surface area contributed by atoms with Gasteiger partial charge >= 0.3 is 10.1 Å². The van der Waals surface area contributed by atoms with Crippen LogP contribution >= 0.6 is 0 Å². The molecule has 0 amide bonds. The fourth-order valence-corrected chi connectivity index (χ4v) is 3.20. The second-order valence-corrected chi connectivity index (χ2v) is 6.69. The van der Waals surface area contributed by atoms with Crippen molar-refractivity contribution in [2.75, 3.05) is 0 Å². The van der Waals surface area contributed by atoms with Crippen LogP contribution in [0.15, 0.2) is 65.6 Å². The van der Waals surface area contributed by atoms with E-state index in [1.54, 1.807) is 42.5 Å². The van der Waals surface area contributed by atoms with E-state index in [0.29, 0.717) is 5.56 Å². The van der Waals surface area contributed by atoms with E-state index >= 15 is 0 Å². The molecule has 0 aliphatic heterocycles. The standard InChI is InChI=1S/C18H13NO3S/c1-13-2-9-17(10-3-13)23(20,21)22-16-7-6-14-4-5-15(12-19)18(14)11-8-16/h2-11H,1H3. The molecular formula is C18H13NO3S. The summed E-state index contributed by atoms with van der Waals surface area (Å²) in [6, 6.07) is 18.7. The van der Waals surface area contributed by atoms with E-state index < -0.39 is 10.1 Å². The van der Waals surface area contributed by atoms with Crippen molar-refractivity contribution in [3.63, 3.8) is 0 Å². The van der Waals surface area contributed by atoms with Crippen LogP contribution in [0.3, 0.4) is 0 Å². The van der Waals surface area contributed by atoms with E-state index in [-0.39, 0.29) is 10.6 Å². The Labute approximate surface area is 135 Å². The molecule has 0 N–H and O–H groups in total. The van der Waals surface area contributed by atoms with E-state index in [4.69, 9.17) is 9.44 Å². The molecule has 3 rings (SSSR count). The van der Waals surface area contributed by atoms with Crippen LogP contribution in [0, 0.1) is 18.3 Å². The highest BCUT2D eigenvalue weighted by atomic mass is 32.2. The molecule has 0 saturated carbocycles. The maximum absolute atomic E-state index is 12.3. The maximum Gasteiger partial charge on any atom is 0.339 e. The molecule has 0 fully saturated rings. The molecule has 0 unspecified atom stereocenters. The van der Waals surface area contributed by atoms with Gasteiger partial charge in [0.05, 0.1) is 11.6 Å². The summed E-state index contributed by atoms with van der Waals surface area (Å²) in [6.45, 7) is 1.88. The van der Waals surface area contributed by atoms with Gasteiger partial charge in [-0.05, 0) is 54.4 Å². The van der Waals surface area contributed by atoms with Gasteiger partial charge in [-0.25, -0.2) is 0 Å². The highest BCUT2D eigenvalue weighted by Gasteiger charge is 2.16. The Balaban J connectivity index is 1.96. The molecule has 0 spiro atoms. The molecule has 0 radical (unpaired) electrons. The molecule has 1 aromatic carbocycles. The third-order valence-electron chi connectivity index (χ3n) is 3.51. The first-order chi connectivity index (χ1) is 11.0. The van der Waals surface area contributed by atoms with Crippen molar-refractivity contribution in [3.05, 3.63) is 71.8 Å². The van der Waals surface area contributed by atoms with Crippen molar-refractivity contribution in [1.29, 1.82) is 5.26 Å². The summed E-state index contributed by atoms with van der Waals surface area (Å²) in [6.07, 6.45) is 0. The first kappa shape index (κ1) is 15.1. The molecule has 2 aliphatic carbocycles. The summed E-state index contributed by atoms with van der Waals surface area (Å²) in [5.41, 5.74) is 3.13. The molecule has 2 aliphatic rings. The average Bonchev–Trinajstić information content (AvgIpc) is 2.82. The zero-order valence-corrected chi connectivity index (χ0v) is 13.2. The minimum Gasteiger partial charge on any atom is -0.379 e. The van der Waals surface area contributed by atoms with Crippen LogP contribution in [-0.4, -0.2) is 8.42 Å². The lowest BCUT2D eigenvalue weighted by molar-refractivity contribution is 0.486. The summed E-state index contributed by atoms with van der Waals surface area (Å²) < 4.78 is 29.8. The lowest BCUT2D eigenvalue weighted by Gasteiger charge is -2.05. The highest BCUT2D eigenvalue weighted by molar-refractivity contribution is 7.87. The third kappa shape index (κ3) is 3.03. The molecule has 1 aromatic rings. The number of rotatable bonds is 3. The van der Waals surface area contributed by atoms with Gasteiger partial charge in [0.2, 0.25) is 0 Å². The summed E-state index contributed by atoms with van der Waals surface area (Å²) in [5.74, 6) is 0.200. The number of nitriles is 1. The zero-order chi connectivity index (χ0) is 16.4. The van der Waals surface area contributed by atoms with Gasteiger partial charge in [-0.3, -0.25) is 0 Å². The Morgan fingerprint density at radius 2 is 1.57 bits per heavy atom. The van der Waals surface area contributed by atoms with E-state index in [2.05, 4.69) is 6.07 Å². The van der Waals surface area contributed by atoms with E-state index in [9.17, 15) is 8.42 Å². The molecule has 23 heavy (non-hydrogen) atoms. The van der Waals surface area contributed by atoms with E-state index in [0.717, 1.165) is 16.7 Å². The summed E-state index contributed by atoms with van der Waals surface area (Å²) in [7, 11) is -3.88. The molecule has 0 heterocycles. The van der Waals surface area contributed by atoms with Crippen LogP contribution in [0.25, 0.3) is 11.1 Å². The maximum atomic E-state index is 12.3. The predicted molar refractivity (Wildman–Crippen MR) is 86.8 cm³/mol. The topological polar surface area (TPSA) is 67.2 Å². The van der Waals surface area contributed by atoms with Gasteiger partial charge in [0.15, 0.2) is 0 Å². The number of nitrogens with zero attached hydrogens (tertiary/aromatic N) is 1. The van der Waals surface area contributed by atoms with Crippen LogP contribution in [0.5, 0.6) is 5.75 Å². The lowest BCUT2D eigenvalue weighted by Crippen LogP contribution is -2.09. The lowest BCUT2D eigenvalue weighted by atomic mass is 10.1. The average molecular weight is 323 g/mol. The van der Waals surface area contributed by atoms with Gasteiger partial charge in [0.1, 0.15) is 10.6 Å². The normalized spacial score (nSPS) is 11.1. The molecule has 4 nitrogen and oxygen atoms in total. The fourth-order valence-electron chi connectivity index (χ4n) is 2.27. The van der Waals surface area contributed by atoms with Crippen LogP contribution in [-0.2, 0) is 10.1 Å². The van der Waals surface area contributed by atoms with Gasteiger partial charge < -0.3 is 4.18 Å². The summed E-state index contributed by atoms with van der Waals surface area (Å²) in [5, 5.41) is 9.06. The molecule has 0 saturated heterocycles.